The van der Waals surface area contributed by atoms with Crippen LogP contribution >= 0.6 is 23.2 Å². The van der Waals surface area contributed by atoms with Crippen LogP contribution in [0.1, 0.15) is 22.7 Å². The maximum Gasteiger partial charge on any atom is 0.295 e. The Balaban J connectivity index is 1.79. The summed E-state index contributed by atoms with van der Waals surface area (Å²) in [4.78, 5) is 27.9. The van der Waals surface area contributed by atoms with Crippen molar-refractivity contribution in [1.82, 2.24) is 4.90 Å². The van der Waals surface area contributed by atoms with Crippen molar-refractivity contribution in [3.05, 3.63) is 99.0 Å². The SMILES string of the molecule is COc1ccc(CCN2C(=O)C(=O)/C(=C(/O)c3ccc(Cl)c(Cl)c3)C2c2ccccc2OC)cc1. The zero-order chi connectivity index (χ0) is 25.1. The molecule has 1 N–H and O–H groups in total. The number of hydrogen-bond donors (Lipinski definition) is 1. The van der Waals surface area contributed by atoms with Crippen molar-refractivity contribution in [2.24, 2.45) is 0 Å². The largest absolute Gasteiger partial charge is 0.507 e. The molecular weight excluding hydrogens is 489 g/mol. The fraction of sp³-hybridized carbons (Fsp3) is 0.185. The lowest BCUT2D eigenvalue weighted by Crippen LogP contribution is -2.31. The second-order valence-corrected chi connectivity index (χ2v) is 8.78. The molecule has 35 heavy (non-hydrogen) atoms. The molecular formula is C27H23Cl2NO5. The van der Waals surface area contributed by atoms with Gasteiger partial charge in [0.1, 0.15) is 17.3 Å². The number of carbonyl (C=O) groups is 2. The van der Waals surface area contributed by atoms with Crippen molar-refractivity contribution in [2.75, 3.05) is 20.8 Å². The van der Waals surface area contributed by atoms with E-state index in [-0.39, 0.29) is 28.5 Å². The first-order valence-electron chi connectivity index (χ1n) is 10.9. The minimum Gasteiger partial charge on any atom is -0.507 e. The summed E-state index contributed by atoms with van der Waals surface area (Å²) < 4.78 is 10.7. The highest BCUT2D eigenvalue weighted by atomic mass is 35.5. The predicted molar refractivity (Wildman–Crippen MR) is 135 cm³/mol. The van der Waals surface area contributed by atoms with Crippen molar-refractivity contribution in [3.8, 4) is 11.5 Å². The molecule has 1 saturated heterocycles. The number of benzene rings is 3. The number of ether oxygens (including phenoxy) is 2. The second-order valence-electron chi connectivity index (χ2n) is 7.96. The molecule has 1 fully saturated rings. The van der Waals surface area contributed by atoms with Crippen molar-refractivity contribution in [2.45, 2.75) is 12.5 Å². The molecule has 1 heterocycles. The molecule has 0 aromatic heterocycles. The first kappa shape index (κ1) is 24.6. The summed E-state index contributed by atoms with van der Waals surface area (Å²) in [6.07, 6.45) is 0.496. The monoisotopic (exact) mass is 511 g/mol. The number of likely N-dealkylation sites (tertiary alicyclic amines) is 1. The maximum absolute atomic E-state index is 13.2. The molecule has 1 amide bonds. The van der Waals surface area contributed by atoms with E-state index >= 15 is 0 Å². The van der Waals surface area contributed by atoms with Gasteiger partial charge in [-0.05, 0) is 48.4 Å². The predicted octanol–water partition coefficient (Wildman–Crippen LogP) is 5.68. The van der Waals surface area contributed by atoms with Gasteiger partial charge in [-0.15, -0.1) is 0 Å². The van der Waals surface area contributed by atoms with Crippen LogP contribution in [0.4, 0.5) is 0 Å². The lowest BCUT2D eigenvalue weighted by atomic mass is 9.94. The number of methoxy groups -OCH3 is 2. The number of amides is 1. The summed E-state index contributed by atoms with van der Waals surface area (Å²) in [5.74, 6) is -0.585. The second kappa shape index (κ2) is 10.4. The summed E-state index contributed by atoms with van der Waals surface area (Å²) in [5, 5.41) is 11.7. The van der Waals surface area contributed by atoms with Gasteiger partial charge in [0.15, 0.2) is 0 Å². The quantitative estimate of drug-likeness (QED) is 0.251. The number of halogens is 2. The number of rotatable bonds is 7. The molecule has 4 rings (SSSR count). The van der Waals surface area contributed by atoms with Gasteiger partial charge in [-0.2, -0.15) is 0 Å². The molecule has 0 spiro atoms. The van der Waals surface area contributed by atoms with Crippen molar-refractivity contribution in [1.29, 1.82) is 0 Å². The Bertz CT molecular complexity index is 1300. The Kier molecular flexibility index (Phi) is 7.34. The average molecular weight is 512 g/mol. The van der Waals surface area contributed by atoms with Crippen LogP contribution in [0.2, 0.25) is 10.0 Å². The molecule has 3 aromatic carbocycles. The lowest BCUT2D eigenvalue weighted by molar-refractivity contribution is -0.139. The number of ketones is 1. The molecule has 8 heteroatoms. The zero-order valence-electron chi connectivity index (χ0n) is 19.1. The molecule has 1 aliphatic rings. The third-order valence-corrected chi connectivity index (χ3v) is 6.71. The first-order valence-corrected chi connectivity index (χ1v) is 11.6. The van der Waals surface area contributed by atoms with Gasteiger partial charge in [-0.1, -0.05) is 53.5 Å². The van der Waals surface area contributed by atoms with E-state index in [9.17, 15) is 14.7 Å². The molecule has 0 radical (unpaired) electrons. The maximum atomic E-state index is 13.2. The highest BCUT2D eigenvalue weighted by Crippen LogP contribution is 2.43. The van der Waals surface area contributed by atoms with Gasteiger partial charge in [-0.3, -0.25) is 9.59 Å². The fourth-order valence-corrected chi connectivity index (χ4v) is 4.47. The van der Waals surface area contributed by atoms with E-state index in [2.05, 4.69) is 0 Å². The van der Waals surface area contributed by atoms with Crippen LogP contribution in [-0.4, -0.2) is 42.5 Å². The van der Waals surface area contributed by atoms with Gasteiger partial charge in [-0.25, -0.2) is 0 Å². The van der Waals surface area contributed by atoms with Gasteiger partial charge in [0, 0.05) is 17.7 Å². The zero-order valence-corrected chi connectivity index (χ0v) is 20.6. The highest BCUT2D eigenvalue weighted by molar-refractivity contribution is 6.47. The summed E-state index contributed by atoms with van der Waals surface area (Å²) in [6.45, 7) is 0.248. The Morgan fingerprint density at radius 1 is 0.943 bits per heavy atom. The van der Waals surface area contributed by atoms with E-state index < -0.39 is 17.7 Å². The standard InChI is InChI=1S/C27H23Cl2NO5/c1-34-18-10-7-16(8-11-18)13-14-30-24(19-5-3-4-6-22(19)35-2)23(26(32)27(30)33)25(31)17-9-12-20(28)21(29)15-17/h3-12,15,24,31H,13-14H2,1-2H3/b25-23+. The molecule has 0 aliphatic carbocycles. The minimum atomic E-state index is -0.848. The first-order chi connectivity index (χ1) is 16.8. The van der Waals surface area contributed by atoms with E-state index in [0.29, 0.717) is 22.8 Å². The van der Waals surface area contributed by atoms with Crippen LogP contribution in [0.5, 0.6) is 11.5 Å². The molecule has 1 atom stereocenters. The van der Waals surface area contributed by atoms with Gasteiger partial charge >= 0.3 is 0 Å². The Morgan fingerprint density at radius 3 is 2.31 bits per heavy atom. The number of aliphatic hydroxyl groups excluding tert-OH is 1. The Morgan fingerprint density at radius 2 is 1.66 bits per heavy atom. The summed E-state index contributed by atoms with van der Waals surface area (Å²) in [5.41, 5.74) is 1.81. The summed E-state index contributed by atoms with van der Waals surface area (Å²) >= 11 is 12.2. The van der Waals surface area contributed by atoms with Crippen LogP contribution in [0.25, 0.3) is 5.76 Å². The van der Waals surface area contributed by atoms with Gasteiger partial charge in [0.2, 0.25) is 0 Å². The van der Waals surface area contributed by atoms with Gasteiger partial charge in [0.25, 0.3) is 11.7 Å². The number of hydrogen-bond acceptors (Lipinski definition) is 5. The smallest absolute Gasteiger partial charge is 0.295 e. The number of nitrogens with zero attached hydrogens (tertiary/aromatic N) is 1. The van der Waals surface area contributed by atoms with E-state index in [4.69, 9.17) is 32.7 Å². The lowest BCUT2D eigenvalue weighted by Gasteiger charge is -2.26. The van der Waals surface area contributed by atoms with E-state index in [1.165, 1.54) is 24.1 Å². The van der Waals surface area contributed by atoms with Crippen LogP contribution in [0.3, 0.4) is 0 Å². The van der Waals surface area contributed by atoms with E-state index in [1.807, 2.05) is 24.3 Å². The van der Waals surface area contributed by atoms with E-state index in [0.717, 1.165) is 11.3 Å². The van der Waals surface area contributed by atoms with Crippen molar-refractivity contribution >= 4 is 40.7 Å². The van der Waals surface area contributed by atoms with Gasteiger partial charge in [0.05, 0.1) is 35.9 Å². The molecule has 1 aliphatic heterocycles. The number of Topliss-reactive ketones (excluding diaryl/α,β-unsaturated/α-hetero) is 1. The summed E-state index contributed by atoms with van der Waals surface area (Å²) in [7, 11) is 3.11. The summed E-state index contributed by atoms with van der Waals surface area (Å²) in [6, 6.07) is 18.3. The Labute approximate surface area is 213 Å². The molecule has 180 valence electrons. The van der Waals surface area contributed by atoms with Crippen molar-refractivity contribution < 1.29 is 24.2 Å². The Hall–Kier alpha value is -3.48. The van der Waals surface area contributed by atoms with Gasteiger partial charge < -0.3 is 19.5 Å². The number of aliphatic hydroxyl groups is 1. The number of carbonyl (C=O) groups excluding carboxylic acids is 2. The van der Waals surface area contributed by atoms with Crippen LogP contribution in [-0.2, 0) is 16.0 Å². The molecule has 3 aromatic rings. The van der Waals surface area contributed by atoms with Crippen LogP contribution < -0.4 is 9.47 Å². The minimum absolute atomic E-state index is 0.0346. The third-order valence-electron chi connectivity index (χ3n) is 5.97. The highest BCUT2D eigenvalue weighted by Gasteiger charge is 2.46. The average Bonchev–Trinajstić information content (AvgIpc) is 3.13. The number of para-hydroxylation sites is 1. The molecule has 0 bridgehead atoms. The van der Waals surface area contributed by atoms with Crippen molar-refractivity contribution in [3.63, 3.8) is 0 Å². The third kappa shape index (κ3) is 4.85. The molecule has 1 unspecified atom stereocenters. The molecule has 6 nitrogen and oxygen atoms in total. The van der Waals surface area contributed by atoms with E-state index in [1.54, 1.807) is 37.4 Å². The topological polar surface area (TPSA) is 76.1 Å². The fourth-order valence-electron chi connectivity index (χ4n) is 4.17. The van der Waals surface area contributed by atoms with Crippen LogP contribution in [0.15, 0.2) is 72.3 Å². The normalized spacial score (nSPS) is 17.0. The molecule has 0 saturated carbocycles. The van der Waals surface area contributed by atoms with Crippen LogP contribution in [0, 0.1) is 0 Å².